The Hall–Kier alpha value is -2.15. The minimum Gasteiger partial charge on any atom is -0.249 e. The van der Waals surface area contributed by atoms with Crippen LogP contribution >= 0.6 is 0 Å². The molecule has 0 N–H and O–H groups in total. The summed E-state index contributed by atoms with van der Waals surface area (Å²) in [6.07, 6.45) is 3.24. The molecule has 2 rings (SSSR count). The monoisotopic (exact) mass is 268 g/mol. The Morgan fingerprint density at radius 2 is 2.05 bits per heavy atom. The van der Waals surface area contributed by atoms with Crippen LogP contribution in [0, 0.1) is 11.3 Å². The second-order valence-electron chi connectivity index (χ2n) is 5.95. The minimum atomic E-state index is -0.484. The van der Waals surface area contributed by atoms with Crippen molar-refractivity contribution < 1.29 is 0 Å². The molecule has 2 aromatic rings. The first-order chi connectivity index (χ1) is 9.42. The van der Waals surface area contributed by atoms with Gasteiger partial charge >= 0.3 is 0 Å². The van der Waals surface area contributed by atoms with E-state index in [0.717, 1.165) is 11.1 Å². The van der Waals surface area contributed by atoms with Crippen LogP contribution in [0.1, 0.15) is 50.3 Å². The molecular weight excluding hydrogens is 248 g/mol. The fourth-order valence-corrected chi connectivity index (χ4v) is 2.07. The lowest BCUT2D eigenvalue weighted by Gasteiger charge is -2.20. The van der Waals surface area contributed by atoms with Gasteiger partial charge in [0, 0.05) is 0 Å². The van der Waals surface area contributed by atoms with Gasteiger partial charge in [-0.1, -0.05) is 32.0 Å². The molecule has 0 radical (unpaired) electrons. The number of benzene rings is 1. The number of rotatable bonds is 4. The molecule has 4 heteroatoms. The number of hydrogen-bond donors (Lipinski definition) is 0. The van der Waals surface area contributed by atoms with Crippen LogP contribution in [0.4, 0.5) is 0 Å². The van der Waals surface area contributed by atoms with E-state index in [0.29, 0.717) is 12.5 Å². The van der Waals surface area contributed by atoms with E-state index < -0.39 is 5.41 Å². The van der Waals surface area contributed by atoms with E-state index in [2.05, 4.69) is 48.2 Å². The predicted molar refractivity (Wildman–Crippen MR) is 78.3 cm³/mol. The van der Waals surface area contributed by atoms with Crippen LogP contribution < -0.4 is 0 Å². The lowest BCUT2D eigenvalue weighted by atomic mass is 9.83. The lowest BCUT2D eigenvalue weighted by Crippen LogP contribution is -2.15. The zero-order chi connectivity index (χ0) is 14.8. The third-order valence-electron chi connectivity index (χ3n) is 3.49. The Kier molecular flexibility index (Phi) is 3.89. The summed E-state index contributed by atoms with van der Waals surface area (Å²) >= 11 is 0. The van der Waals surface area contributed by atoms with Crippen LogP contribution in [0.2, 0.25) is 0 Å². The molecule has 1 heterocycles. The first-order valence-electron chi connectivity index (χ1n) is 6.80. The average Bonchev–Trinajstić information content (AvgIpc) is 2.91. The summed E-state index contributed by atoms with van der Waals surface area (Å²) in [5.41, 5.74) is 2.98. The van der Waals surface area contributed by atoms with E-state index in [1.54, 1.807) is 11.0 Å². The summed E-state index contributed by atoms with van der Waals surface area (Å²) in [5, 5.41) is 13.5. The molecule has 0 aliphatic heterocycles. The van der Waals surface area contributed by atoms with Gasteiger partial charge in [0.25, 0.3) is 0 Å². The van der Waals surface area contributed by atoms with Gasteiger partial charge in [-0.05, 0) is 36.5 Å². The summed E-state index contributed by atoms with van der Waals surface area (Å²) in [4.78, 5) is 3.96. The normalized spacial score (nSPS) is 11.6. The van der Waals surface area contributed by atoms with E-state index in [1.165, 1.54) is 11.9 Å². The van der Waals surface area contributed by atoms with Crippen LogP contribution in [0.3, 0.4) is 0 Å². The van der Waals surface area contributed by atoms with Crippen LogP contribution in [0.25, 0.3) is 0 Å². The van der Waals surface area contributed by atoms with Crippen molar-refractivity contribution in [1.29, 1.82) is 5.26 Å². The van der Waals surface area contributed by atoms with Crippen molar-refractivity contribution >= 4 is 0 Å². The summed E-state index contributed by atoms with van der Waals surface area (Å²) in [6.45, 7) is 8.90. The molecule has 0 amide bonds. The molecule has 0 atom stereocenters. The van der Waals surface area contributed by atoms with Crippen molar-refractivity contribution in [2.75, 3.05) is 0 Å². The molecule has 0 aliphatic rings. The van der Waals surface area contributed by atoms with Crippen molar-refractivity contribution in [3.05, 3.63) is 47.5 Å². The highest BCUT2D eigenvalue weighted by Gasteiger charge is 2.21. The molecule has 0 saturated heterocycles. The van der Waals surface area contributed by atoms with Crippen molar-refractivity contribution in [3.8, 4) is 6.07 Å². The van der Waals surface area contributed by atoms with Gasteiger partial charge in [-0.2, -0.15) is 10.4 Å². The Labute approximate surface area is 120 Å². The fraction of sp³-hybridized carbons (Fsp3) is 0.438. The van der Waals surface area contributed by atoms with Gasteiger partial charge in [0.2, 0.25) is 0 Å². The highest BCUT2D eigenvalue weighted by Crippen LogP contribution is 2.27. The molecule has 0 unspecified atom stereocenters. The van der Waals surface area contributed by atoms with E-state index in [9.17, 15) is 5.26 Å². The van der Waals surface area contributed by atoms with Crippen LogP contribution in [-0.4, -0.2) is 14.8 Å². The van der Waals surface area contributed by atoms with Crippen molar-refractivity contribution in [3.63, 3.8) is 0 Å². The smallest absolute Gasteiger partial charge is 0.137 e. The Morgan fingerprint density at radius 3 is 2.60 bits per heavy atom. The maximum Gasteiger partial charge on any atom is 0.137 e. The zero-order valence-electron chi connectivity index (χ0n) is 12.5. The molecule has 0 spiro atoms. The third kappa shape index (κ3) is 3.05. The molecule has 0 aliphatic carbocycles. The molecule has 0 saturated carbocycles. The topological polar surface area (TPSA) is 54.5 Å². The maximum atomic E-state index is 9.35. The van der Waals surface area contributed by atoms with E-state index >= 15 is 0 Å². The largest absolute Gasteiger partial charge is 0.249 e. The SMILES string of the molecule is CC(C)c1cc(Cn2cncn2)cc(C(C)(C)C#N)c1. The van der Waals surface area contributed by atoms with Crippen molar-refractivity contribution in [1.82, 2.24) is 14.8 Å². The second-order valence-corrected chi connectivity index (χ2v) is 5.95. The molecule has 1 aromatic heterocycles. The van der Waals surface area contributed by atoms with E-state index in [-0.39, 0.29) is 0 Å². The van der Waals surface area contributed by atoms with Crippen LogP contribution in [0.15, 0.2) is 30.9 Å². The number of nitriles is 1. The van der Waals surface area contributed by atoms with E-state index in [4.69, 9.17) is 0 Å². The van der Waals surface area contributed by atoms with Gasteiger partial charge in [0.05, 0.1) is 18.0 Å². The maximum absolute atomic E-state index is 9.35. The average molecular weight is 268 g/mol. The van der Waals surface area contributed by atoms with Gasteiger partial charge in [-0.3, -0.25) is 0 Å². The molecule has 0 bridgehead atoms. The van der Waals surface area contributed by atoms with Crippen LogP contribution in [0.5, 0.6) is 0 Å². The van der Waals surface area contributed by atoms with Gasteiger partial charge in [-0.25, -0.2) is 9.67 Å². The number of nitrogens with zero attached hydrogens (tertiary/aromatic N) is 4. The van der Waals surface area contributed by atoms with Gasteiger partial charge < -0.3 is 0 Å². The predicted octanol–water partition coefficient (Wildman–Crippen LogP) is 3.25. The van der Waals surface area contributed by atoms with E-state index in [1.807, 2.05) is 13.8 Å². The fourth-order valence-electron chi connectivity index (χ4n) is 2.07. The first kappa shape index (κ1) is 14.3. The molecule has 1 aromatic carbocycles. The summed E-state index contributed by atoms with van der Waals surface area (Å²) in [5.74, 6) is 0.430. The van der Waals surface area contributed by atoms with Gasteiger partial charge in [-0.15, -0.1) is 0 Å². The summed E-state index contributed by atoms with van der Waals surface area (Å²) in [7, 11) is 0. The second kappa shape index (κ2) is 5.46. The number of aromatic nitrogens is 3. The Balaban J connectivity index is 2.44. The zero-order valence-corrected chi connectivity index (χ0v) is 12.5. The first-order valence-corrected chi connectivity index (χ1v) is 6.80. The molecule has 20 heavy (non-hydrogen) atoms. The quantitative estimate of drug-likeness (QED) is 0.855. The minimum absolute atomic E-state index is 0.430. The Morgan fingerprint density at radius 1 is 1.30 bits per heavy atom. The molecule has 0 fully saturated rings. The van der Waals surface area contributed by atoms with Crippen molar-refractivity contribution in [2.45, 2.75) is 45.6 Å². The van der Waals surface area contributed by atoms with Crippen molar-refractivity contribution in [2.24, 2.45) is 0 Å². The highest BCUT2D eigenvalue weighted by atomic mass is 15.3. The van der Waals surface area contributed by atoms with Gasteiger partial charge in [0.1, 0.15) is 12.7 Å². The summed E-state index contributed by atoms with van der Waals surface area (Å²) in [6, 6.07) is 8.79. The lowest BCUT2D eigenvalue weighted by molar-refractivity contribution is 0.663. The third-order valence-corrected chi connectivity index (χ3v) is 3.49. The Bertz CT molecular complexity index is 618. The molecule has 4 nitrogen and oxygen atoms in total. The van der Waals surface area contributed by atoms with Gasteiger partial charge in [0.15, 0.2) is 0 Å². The number of hydrogen-bond acceptors (Lipinski definition) is 3. The molecular formula is C16H20N4. The molecule has 104 valence electrons. The summed E-state index contributed by atoms with van der Waals surface area (Å²) < 4.78 is 1.79. The highest BCUT2D eigenvalue weighted by molar-refractivity contribution is 5.39. The van der Waals surface area contributed by atoms with Crippen LogP contribution in [-0.2, 0) is 12.0 Å². The standard InChI is InChI=1S/C16H20N4/c1-12(2)14-5-13(8-20-11-18-10-19-20)6-15(7-14)16(3,4)9-17/h5-7,10-12H,8H2,1-4H3.